The quantitative estimate of drug-likeness (QED) is 0.670. The third-order valence-electron chi connectivity index (χ3n) is 4.35. The van der Waals surface area contributed by atoms with Gasteiger partial charge in [-0.1, -0.05) is 49.6 Å². The van der Waals surface area contributed by atoms with Gasteiger partial charge in [-0.2, -0.15) is 0 Å². The number of rotatable bonds is 10. The predicted molar refractivity (Wildman–Crippen MR) is 93.9 cm³/mol. The molecule has 3 nitrogen and oxygen atoms in total. The second kappa shape index (κ2) is 10.4. The summed E-state index contributed by atoms with van der Waals surface area (Å²) < 4.78 is 0. The highest BCUT2D eigenvalue weighted by Gasteiger charge is 2.18. The molecule has 22 heavy (non-hydrogen) atoms. The minimum absolute atomic E-state index is 0.270. The molecule has 2 N–H and O–H groups in total. The van der Waals surface area contributed by atoms with Crippen molar-refractivity contribution >= 4 is 5.91 Å². The zero-order chi connectivity index (χ0) is 16.4. The van der Waals surface area contributed by atoms with Crippen molar-refractivity contribution in [2.24, 2.45) is 5.73 Å². The van der Waals surface area contributed by atoms with Crippen LogP contribution in [0, 0.1) is 6.92 Å². The maximum absolute atomic E-state index is 12.3. The fourth-order valence-corrected chi connectivity index (χ4v) is 2.71. The van der Waals surface area contributed by atoms with Crippen LogP contribution in [0.1, 0.15) is 56.6 Å². The normalized spacial score (nSPS) is 12.2. The van der Waals surface area contributed by atoms with Crippen LogP contribution >= 0.6 is 0 Å². The van der Waals surface area contributed by atoms with Gasteiger partial charge >= 0.3 is 0 Å². The lowest BCUT2D eigenvalue weighted by molar-refractivity contribution is -0.132. The fraction of sp³-hybridized carbons (Fsp3) is 0.632. The number of aryl methyl sites for hydroxylation is 1. The number of carbonyl (C=O) groups excluding carboxylic acids is 1. The average Bonchev–Trinajstić information content (AvgIpc) is 2.53. The van der Waals surface area contributed by atoms with E-state index in [1.165, 1.54) is 11.1 Å². The van der Waals surface area contributed by atoms with Crippen LogP contribution in [0.5, 0.6) is 0 Å². The first-order valence-corrected chi connectivity index (χ1v) is 8.59. The van der Waals surface area contributed by atoms with E-state index in [1.807, 2.05) is 11.9 Å². The molecule has 1 atom stereocenters. The monoisotopic (exact) mass is 304 g/mol. The number of carbonyl (C=O) groups is 1. The summed E-state index contributed by atoms with van der Waals surface area (Å²) in [5, 5.41) is 0. The number of benzene rings is 1. The third-order valence-corrected chi connectivity index (χ3v) is 4.35. The lowest BCUT2D eigenvalue weighted by Crippen LogP contribution is -2.38. The van der Waals surface area contributed by atoms with Crippen LogP contribution in [0.2, 0.25) is 0 Å². The van der Waals surface area contributed by atoms with E-state index in [4.69, 9.17) is 5.73 Å². The average molecular weight is 304 g/mol. The second-order valence-corrected chi connectivity index (χ2v) is 6.21. The minimum atomic E-state index is 0.270. The molecule has 1 aromatic carbocycles. The molecule has 0 aliphatic rings. The Morgan fingerprint density at radius 1 is 1.14 bits per heavy atom. The molecule has 0 saturated heterocycles. The van der Waals surface area contributed by atoms with Gasteiger partial charge in [-0.25, -0.2) is 0 Å². The van der Waals surface area contributed by atoms with Crippen molar-refractivity contribution < 1.29 is 4.79 Å². The maximum atomic E-state index is 12.3. The van der Waals surface area contributed by atoms with Crippen LogP contribution in [0.15, 0.2) is 24.3 Å². The highest BCUT2D eigenvalue weighted by atomic mass is 16.2. The summed E-state index contributed by atoms with van der Waals surface area (Å²) >= 11 is 0. The molecule has 1 aromatic rings. The highest BCUT2D eigenvalue weighted by Crippen LogP contribution is 2.14. The van der Waals surface area contributed by atoms with Crippen molar-refractivity contribution in [1.82, 2.24) is 4.90 Å². The SMILES string of the molecule is CCC(Cc1ccc(C)cc1)N(C)C(=O)CCCCCCN. The Morgan fingerprint density at radius 3 is 2.36 bits per heavy atom. The molecule has 0 fully saturated rings. The van der Waals surface area contributed by atoms with Crippen molar-refractivity contribution in [3.63, 3.8) is 0 Å². The standard InChI is InChI=1S/C19H32N2O/c1-4-18(15-17-12-10-16(2)11-13-17)21(3)19(22)9-7-5-6-8-14-20/h10-13,18H,4-9,14-15,20H2,1-3H3. The second-order valence-electron chi connectivity index (χ2n) is 6.21. The predicted octanol–water partition coefficient (Wildman–Crippen LogP) is 3.68. The van der Waals surface area contributed by atoms with E-state index in [1.54, 1.807) is 0 Å². The maximum Gasteiger partial charge on any atom is 0.222 e. The van der Waals surface area contributed by atoms with Crippen LogP contribution in [-0.4, -0.2) is 30.4 Å². The van der Waals surface area contributed by atoms with Crippen molar-refractivity contribution in [1.29, 1.82) is 0 Å². The van der Waals surface area contributed by atoms with Gasteiger partial charge in [-0.3, -0.25) is 4.79 Å². The smallest absolute Gasteiger partial charge is 0.222 e. The molecule has 0 radical (unpaired) electrons. The Labute approximate surface area is 135 Å². The Morgan fingerprint density at radius 2 is 1.77 bits per heavy atom. The van der Waals surface area contributed by atoms with Gasteiger partial charge in [0, 0.05) is 19.5 Å². The summed E-state index contributed by atoms with van der Waals surface area (Å²) in [7, 11) is 1.95. The van der Waals surface area contributed by atoms with Crippen LogP contribution in [0.4, 0.5) is 0 Å². The number of amides is 1. The van der Waals surface area contributed by atoms with E-state index >= 15 is 0 Å². The molecule has 0 heterocycles. The molecule has 1 amide bonds. The van der Waals surface area contributed by atoms with Gasteiger partial charge in [0.05, 0.1) is 0 Å². The Bertz CT molecular complexity index is 428. The topological polar surface area (TPSA) is 46.3 Å². The van der Waals surface area contributed by atoms with Crippen molar-refractivity contribution in [2.75, 3.05) is 13.6 Å². The van der Waals surface area contributed by atoms with Gasteiger partial charge in [0.1, 0.15) is 0 Å². The number of hydrogen-bond acceptors (Lipinski definition) is 2. The number of nitrogens with zero attached hydrogens (tertiary/aromatic N) is 1. The van der Waals surface area contributed by atoms with Gasteiger partial charge in [-0.05, 0) is 44.7 Å². The molecular weight excluding hydrogens is 272 g/mol. The Balaban J connectivity index is 2.43. The minimum Gasteiger partial charge on any atom is -0.342 e. The van der Waals surface area contributed by atoms with Gasteiger partial charge in [0.2, 0.25) is 5.91 Å². The van der Waals surface area contributed by atoms with Gasteiger partial charge < -0.3 is 10.6 Å². The highest BCUT2D eigenvalue weighted by molar-refractivity contribution is 5.76. The fourth-order valence-electron chi connectivity index (χ4n) is 2.71. The zero-order valence-electron chi connectivity index (χ0n) is 14.5. The van der Waals surface area contributed by atoms with Crippen LogP contribution in [0.3, 0.4) is 0 Å². The molecular formula is C19H32N2O. The molecule has 0 aliphatic carbocycles. The summed E-state index contributed by atoms with van der Waals surface area (Å²) in [6.07, 6.45) is 6.86. The summed E-state index contributed by atoms with van der Waals surface area (Å²) in [6.45, 7) is 5.01. The molecule has 0 aromatic heterocycles. The van der Waals surface area contributed by atoms with E-state index in [0.717, 1.165) is 45.1 Å². The molecule has 1 rings (SSSR count). The first-order valence-electron chi connectivity index (χ1n) is 8.59. The van der Waals surface area contributed by atoms with Crippen LogP contribution in [-0.2, 0) is 11.2 Å². The first kappa shape index (κ1) is 18.7. The van der Waals surface area contributed by atoms with Crippen LogP contribution < -0.4 is 5.73 Å². The third kappa shape index (κ3) is 6.61. The van der Waals surface area contributed by atoms with E-state index in [0.29, 0.717) is 12.5 Å². The summed E-state index contributed by atoms with van der Waals surface area (Å²) in [5.74, 6) is 0.270. The molecule has 1 unspecified atom stereocenters. The van der Waals surface area contributed by atoms with Gasteiger partial charge in [0.25, 0.3) is 0 Å². The van der Waals surface area contributed by atoms with E-state index in [-0.39, 0.29) is 5.91 Å². The largest absolute Gasteiger partial charge is 0.342 e. The van der Waals surface area contributed by atoms with E-state index in [9.17, 15) is 4.79 Å². The van der Waals surface area contributed by atoms with Crippen molar-refractivity contribution in [3.05, 3.63) is 35.4 Å². The van der Waals surface area contributed by atoms with Crippen molar-refractivity contribution in [2.45, 2.75) is 64.8 Å². The number of unbranched alkanes of at least 4 members (excludes halogenated alkanes) is 3. The lowest BCUT2D eigenvalue weighted by Gasteiger charge is -2.27. The zero-order valence-corrected chi connectivity index (χ0v) is 14.5. The molecule has 124 valence electrons. The Hall–Kier alpha value is -1.35. The molecule has 0 aliphatic heterocycles. The van der Waals surface area contributed by atoms with E-state index < -0.39 is 0 Å². The van der Waals surface area contributed by atoms with Crippen LogP contribution in [0.25, 0.3) is 0 Å². The molecule has 3 heteroatoms. The number of nitrogens with two attached hydrogens (primary N) is 1. The van der Waals surface area contributed by atoms with Crippen molar-refractivity contribution in [3.8, 4) is 0 Å². The van der Waals surface area contributed by atoms with Gasteiger partial charge in [-0.15, -0.1) is 0 Å². The number of likely N-dealkylation sites (N-methyl/N-ethyl adjacent to an activating group) is 1. The lowest BCUT2D eigenvalue weighted by atomic mass is 10.0. The molecule has 0 saturated carbocycles. The molecule has 0 bridgehead atoms. The summed E-state index contributed by atoms with van der Waals surface area (Å²) in [5.41, 5.74) is 8.07. The van der Waals surface area contributed by atoms with Gasteiger partial charge in [0.15, 0.2) is 0 Å². The summed E-state index contributed by atoms with van der Waals surface area (Å²) in [4.78, 5) is 14.3. The molecule has 0 spiro atoms. The first-order chi connectivity index (χ1) is 10.6. The number of hydrogen-bond donors (Lipinski definition) is 1. The summed E-state index contributed by atoms with van der Waals surface area (Å²) in [6, 6.07) is 8.91. The Kier molecular flexibility index (Phi) is 8.83. The van der Waals surface area contributed by atoms with E-state index in [2.05, 4.69) is 38.1 Å².